The van der Waals surface area contributed by atoms with Crippen LogP contribution in [0.15, 0.2) is 10.6 Å². The van der Waals surface area contributed by atoms with Gasteiger partial charge in [0.15, 0.2) is 5.69 Å². The first kappa shape index (κ1) is 13.1. The minimum Gasteiger partial charge on any atom is -0.369 e. The molecule has 0 aromatic carbocycles. The minimum absolute atomic E-state index is 0.0305. The molecular formula is C13H18N4O3. The van der Waals surface area contributed by atoms with Gasteiger partial charge in [-0.2, -0.15) is 0 Å². The van der Waals surface area contributed by atoms with Crippen LogP contribution in [0, 0.1) is 0 Å². The maximum atomic E-state index is 12.0. The van der Waals surface area contributed by atoms with Crippen molar-refractivity contribution in [3.8, 4) is 0 Å². The van der Waals surface area contributed by atoms with E-state index in [0.29, 0.717) is 18.2 Å². The van der Waals surface area contributed by atoms with Crippen LogP contribution in [0.25, 0.3) is 0 Å². The second-order valence-electron chi connectivity index (χ2n) is 5.55. The number of aromatic nitrogens is 1. The second-order valence-corrected chi connectivity index (χ2v) is 5.55. The number of hydrogen-bond donors (Lipinski definition) is 2. The van der Waals surface area contributed by atoms with E-state index in [0.717, 1.165) is 31.6 Å². The molecule has 7 nitrogen and oxygen atoms in total. The maximum absolute atomic E-state index is 12.0. The summed E-state index contributed by atoms with van der Waals surface area (Å²) >= 11 is 0. The van der Waals surface area contributed by atoms with Gasteiger partial charge in [-0.05, 0) is 19.3 Å². The molecule has 2 aliphatic rings. The summed E-state index contributed by atoms with van der Waals surface area (Å²) in [6, 6.07) is 1.76. The van der Waals surface area contributed by atoms with Crippen molar-refractivity contribution in [2.24, 2.45) is 5.73 Å². The van der Waals surface area contributed by atoms with Crippen LogP contribution in [-0.4, -0.2) is 47.5 Å². The highest BCUT2D eigenvalue weighted by Crippen LogP contribution is 2.40. The van der Waals surface area contributed by atoms with Gasteiger partial charge >= 0.3 is 0 Å². The van der Waals surface area contributed by atoms with E-state index in [1.54, 1.807) is 6.07 Å². The molecule has 108 valence electrons. The van der Waals surface area contributed by atoms with Crippen LogP contribution in [0.1, 0.15) is 41.4 Å². The molecule has 3 rings (SSSR count). The van der Waals surface area contributed by atoms with Crippen molar-refractivity contribution in [2.45, 2.75) is 31.2 Å². The largest absolute Gasteiger partial charge is 0.369 e. The smallest absolute Gasteiger partial charge is 0.273 e. The van der Waals surface area contributed by atoms with Gasteiger partial charge in [0, 0.05) is 31.1 Å². The summed E-state index contributed by atoms with van der Waals surface area (Å²) in [5, 5.41) is 6.73. The molecule has 7 heteroatoms. The third-order valence-electron chi connectivity index (χ3n) is 3.73. The summed E-state index contributed by atoms with van der Waals surface area (Å²) in [6.45, 7) is 1.64. The molecule has 3 N–H and O–H groups in total. The number of carbonyl (C=O) groups is 2. The van der Waals surface area contributed by atoms with Gasteiger partial charge in [0.2, 0.25) is 5.91 Å². The molecule has 1 atom stereocenters. The lowest BCUT2D eigenvalue weighted by molar-refractivity contribution is -0.118. The lowest BCUT2D eigenvalue weighted by Gasteiger charge is -2.14. The SMILES string of the molecule is NC(=O)CN1CCC(NC(=O)c2cc(C3CC3)on2)C1. The van der Waals surface area contributed by atoms with E-state index in [2.05, 4.69) is 10.5 Å². The van der Waals surface area contributed by atoms with Crippen LogP contribution in [-0.2, 0) is 4.79 Å². The molecule has 2 heterocycles. The Hall–Kier alpha value is -1.89. The average molecular weight is 278 g/mol. The zero-order valence-electron chi connectivity index (χ0n) is 11.2. The highest BCUT2D eigenvalue weighted by molar-refractivity contribution is 5.92. The first-order chi connectivity index (χ1) is 9.61. The van der Waals surface area contributed by atoms with Crippen LogP contribution < -0.4 is 11.1 Å². The molecule has 1 saturated carbocycles. The number of amides is 2. The van der Waals surface area contributed by atoms with Gasteiger partial charge < -0.3 is 15.6 Å². The molecule has 0 radical (unpaired) electrons. The number of nitrogens with two attached hydrogens (primary N) is 1. The van der Waals surface area contributed by atoms with E-state index in [9.17, 15) is 9.59 Å². The first-order valence-corrected chi connectivity index (χ1v) is 6.90. The molecule has 1 saturated heterocycles. The molecule has 2 amide bonds. The summed E-state index contributed by atoms with van der Waals surface area (Å²) in [5.41, 5.74) is 5.49. The first-order valence-electron chi connectivity index (χ1n) is 6.90. The Balaban J connectivity index is 1.52. The Labute approximate surface area is 116 Å². The topological polar surface area (TPSA) is 101 Å². The quantitative estimate of drug-likeness (QED) is 0.779. The van der Waals surface area contributed by atoms with Crippen LogP contribution in [0.3, 0.4) is 0 Å². The standard InChI is InChI=1S/C13H18N4O3/c14-12(18)7-17-4-3-9(6-17)15-13(19)10-5-11(20-16-10)8-1-2-8/h5,8-9H,1-4,6-7H2,(H2,14,18)(H,15,19). The lowest BCUT2D eigenvalue weighted by atomic mass is 10.2. The van der Waals surface area contributed by atoms with Gasteiger partial charge in [-0.15, -0.1) is 0 Å². The molecule has 0 spiro atoms. The Morgan fingerprint density at radius 3 is 2.95 bits per heavy atom. The highest BCUT2D eigenvalue weighted by Gasteiger charge is 2.30. The Morgan fingerprint density at radius 1 is 1.45 bits per heavy atom. The minimum atomic E-state index is -0.345. The Kier molecular flexibility index (Phi) is 3.43. The summed E-state index contributed by atoms with van der Waals surface area (Å²) < 4.78 is 5.17. The Morgan fingerprint density at radius 2 is 2.25 bits per heavy atom. The van der Waals surface area contributed by atoms with E-state index in [1.807, 2.05) is 4.90 Å². The van der Waals surface area contributed by atoms with E-state index in [1.165, 1.54) is 0 Å². The van der Waals surface area contributed by atoms with Gasteiger partial charge in [-0.1, -0.05) is 5.16 Å². The zero-order valence-corrected chi connectivity index (χ0v) is 11.2. The summed E-state index contributed by atoms with van der Waals surface area (Å²) in [4.78, 5) is 24.8. The third kappa shape index (κ3) is 2.98. The van der Waals surface area contributed by atoms with Crippen LogP contribution in [0.4, 0.5) is 0 Å². The molecular weight excluding hydrogens is 260 g/mol. The highest BCUT2D eigenvalue weighted by atomic mass is 16.5. The molecule has 2 fully saturated rings. The maximum Gasteiger partial charge on any atom is 0.273 e. The Bertz CT molecular complexity index is 523. The average Bonchev–Trinajstić information content (AvgIpc) is 2.96. The van der Waals surface area contributed by atoms with Crippen LogP contribution >= 0.6 is 0 Å². The molecule has 0 bridgehead atoms. The second kappa shape index (κ2) is 5.24. The number of likely N-dealkylation sites (tertiary alicyclic amines) is 1. The number of rotatable bonds is 5. The monoisotopic (exact) mass is 278 g/mol. The predicted octanol–water partition coefficient (Wildman–Crippen LogP) is -0.159. The predicted molar refractivity (Wildman–Crippen MR) is 70.0 cm³/mol. The molecule has 20 heavy (non-hydrogen) atoms. The van der Waals surface area contributed by atoms with Crippen LogP contribution in [0.5, 0.6) is 0 Å². The van der Waals surface area contributed by atoms with Crippen molar-refractivity contribution in [1.29, 1.82) is 0 Å². The van der Waals surface area contributed by atoms with Gasteiger partial charge in [-0.3, -0.25) is 14.5 Å². The van der Waals surface area contributed by atoms with Gasteiger partial charge in [0.25, 0.3) is 5.91 Å². The van der Waals surface area contributed by atoms with Crippen molar-refractivity contribution in [1.82, 2.24) is 15.4 Å². The van der Waals surface area contributed by atoms with E-state index < -0.39 is 0 Å². The van der Waals surface area contributed by atoms with E-state index in [-0.39, 0.29) is 24.4 Å². The molecule has 1 aliphatic carbocycles. The molecule has 1 aromatic heterocycles. The van der Waals surface area contributed by atoms with E-state index in [4.69, 9.17) is 10.3 Å². The number of carbonyl (C=O) groups excluding carboxylic acids is 2. The number of nitrogens with zero attached hydrogens (tertiary/aromatic N) is 2. The fourth-order valence-corrected chi connectivity index (χ4v) is 2.53. The fraction of sp³-hybridized carbons (Fsp3) is 0.615. The van der Waals surface area contributed by atoms with Crippen molar-refractivity contribution >= 4 is 11.8 Å². The van der Waals surface area contributed by atoms with Crippen molar-refractivity contribution in [3.63, 3.8) is 0 Å². The zero-order chi connectivity index (χ0) is 14.1. The molecule has 1 aromatic rings. The lowest BCUT2D eigenvalue weighted by Crippen LogP contribution is -2.39. The number of hydrogen-bond acceptors (Lipinski definition) is 5. The summed E-state index contributed by atoms with van der Waals surface area (Å²) in [7, 11) is 0. The van der Waals surface area contributed by atoms with Crippen molar-refractivity contribution in [2.75, 3.05) is 19.6 Å². The van der Waals surface area contributed by atoms with Crippen molar-refractivity contribution < 1.29 is 14.1 Å². The van der Waals surface area contributed by atoms with Gasteiger partial charge in [0.1, 0.15) is 5.76 Å². The van der Waals surface area contributed by atoms with E-state index >= 15 is 0 Å². The number of primary amides is 1. The number of nitrogens with one attached hydrogen (secondary N) is 1. The summed E-state index contributed by atoms with van der Waals surface area (Å²) in [6.07, 6.45) is 3.04. The van der Waals surface area contributed by atoms with Gasteiger partial charge in [-0.25, -0.2) is 0 Å². The third-order valence-corrected chi connectivity index (χ3v) is 3.73. The molecule has 1 unspecified atom stereocenters. The van der Waals surface area contributed by atoms with Crippen LogP contribution in [0.2, 0.25) is 0 Å². The molecule has 1 aliphatic heterocycles. The fourth-order valence-electron chi connectivity index (χ4n) is 2.53. The van der Waals surface area contributed by atoms with Gasteiger partial charge in [0.05, 0.1) is 6.54 Å². The van der Waals surface area contributed by atoms with Crippen molar-refractivity contribution in [3.05, 3.63) is 17.5 Å². The normalized spacial score (nSPS) is 22.9. The summed E-state index contributed by atoms with van der Waals surface area (Å²) in [5.74, 6) is 0.688.